The summed E-state index contributed by atoms with van der Waals surface area (Å²) in [5, 5.41) is 15.6. The Balaban J connectivity index is 2.03. The van der Waals surface area contributed by atoms with Gasteiger partial charge in [-0.1, -0.05) is 12.8 Å². The van der Waals surface area contributed by atoms with Crippen molar-refractivity contribution in [1.29, 1.82) is 0 Å². The van der Waals surface area contributed by atoms with Crippen LogP contribution in [0.2, 0.25) is 0 Å². The molecule has 0 spiro atoms. The molecule has 0 unspecified atom stereocenters. The first-order valence-corrected chi connectivity index (χ1v) is 6.68. The Morgan fingerprint density at radius 2 is 2.00 bits per heavy atom. The fourth-order valence-corrected chi connectivity index (χ4v) is 2.90. The summed E-state index contributed by atoms with van der Waals surface area (Å²) in [6.07, 6.45) is 3.12. The molecular weight excluding hydrogens is 238 g/mol. The maximum absolute atomic E-state index is 12.0. The Morgan fingerprint density at radius 3 is 2.59 bits per heavy atom. The van der Waals surface area contributed by atoms with Gasteiger partial charge in [0.05, 0.1) is 17.5 Å². The van der Waals surface area contributed by atoms with Crippen LogP contribution in [0.3, 0.4) is 0 Å². The van der Waals surface area contributed by atoms with Crippen LogP contribution in [-0.2, 0) is 9.59 Å². The second-order valence-electron chi connectivity index (χ2n) is 4.34. The maximum Gasteiger partial charge on any atom is 0.307 e. The number of carbonyl (C=O) groups excluding carboxylic acids is 1. The number of nitrogens with one attached hydrogen (secondary N) is 1. The standard InChI is InChI=1S/C12H15NO3S/c14-11(13-8-5-6-17-7-8)9-3-1-2-4-10(9)12(15)16/h5-7,9-10H,1-4H2,(H,13,14)(H,15,16)/t9-,10+/m1/s1. The molecule has 0 saturated heterocycles. The monoisotopic (exact) mass is 253 g/mol. The van der Waals surface area contributed by atoms with Gasteiger partial charge in [0, 0.05) is 5.38 Å². The summed E-state index contributed by atoms with van der Waals surface area (Å²) in [4.78, 5) is 23.1. The highest BCUT2D eigenvalue weighted by Crippen LogP contribution is 2.31. The van der Waals surface area contributed by atoms with Crippen LogP contribution in [0.1, 0.15) is 25.7 Å². The first-order chi connectivity index (χ1) is 8.18. The van der Waals surface area contributed by atoms with E-state index in [0.717, 1.165) is 18.5 Å². The molecule has 4 nitrogen and oxygen atoms in total. The Labute approximate surface area is 104 Å². The third-order valence-corrected chi connectivity index (χ3v) is 3.89. The molecular formula is C12H15NO3S. The Hall–Kier alpha value is -1.36. The van der Waals surface area contributed by atoms with Gasteiger partial charge >= 0.3 is 5.97 Å². The Morgan fingerprint density at radius 1 is 1.29 bits per heavy atom. The zero-order valence-corrected chi connectivity index (χ0v) is 10.2. The van der Waals surface area contributed by atoms with E-state index < -0.39 is 11.9 Å². The summed E-state index contributed by atoms with van der Waals surface area (Å²) in [7, 11) is 0. The molecule has 1 amide bonds. The van der Waals surface area contributed by atoms with Crippen LogP contribution >= 0.6 is 11.3 Å². The second-order valence-corrected chi connectivity index (χ2v) is 5.12. The minimum atomic E-state index is -0.852. The quantitative estimate of drug-likeness (QED) is 0.870. The number of rotatable bonds is 3. The normalized spacial score (nSPS) is 24.2. The number of hydrogen-bond donors (Lipinski definition) is 2. The number of thiophene rings is 1. The molecule has 0 radical (unpaired) electrons. The van der Waals surface area contributed by atoms with E-state index in [1.54, 1.807) is 0 Å². The lowest BCUT2D eigenvalue weighted by molar-refractivity contribution is -0.147. The van der Waals surface area contributed by atoms with Crippen molar-refractivity contribution in [3.8, 4) is 0 Å². The third-order valence-electron chi connectivity index (χ3n) is 3.21. The minimum Gasteiger partial charge on any atom is -0.481 e. The van der Waals surface area contributed by atoms with E-state index in [1.165, 1.54) is 11.3 Å². The fourth-order valence-electron chi connectivity index (χ4n) is 2.31. The van der Waals surface area contributed by atoms with Crippen molar-refractivity contribution in [2.75, 3.05) is 5.32 Å². The van der Waals surface area contributed by atoms with Crippen LogP contribution in [-0.4, -0.2) is 17.0 Å². The molecule has 1 saturated carbocycles. The van der Waals surface area contributed by atoms with Crippen LogP contribution in [0.15, 0.2) is 16.8 Å². The molecule has 1 heterocycles. The number of carbonyl (C=O) groups is 2. The zero-order chi connectivity index (χ0) is 12.3. The van der Waals surface area contributed by atoms with Gasteiger partial charge in [-0.05, 0) is 24.3 Å². The second kappa shape index (κ2) is 5.31. The third kappa shape index (κ3) is 2.85. The summed E-state index contributed by atoms with van der Waals surface area (Å²) in [5.74, 6) is -1.92. The smallest absolute Gasteiger partial charge is 0.307 e. The van der Waals surface area contributed by atoms with E-state index in [2.05, 4.69) is 5.32 Å². The summed E-state index contributed by atoms with van der Waals surface area (Å²) in [6, 6.07) is 1.82. The number of amides is 1. The van der Waals surface area contributed by atoms with E-state index in [0.29, 0.717) is 12.8 Å². The SMILES string of the molecule is O=C(O)[C@H]1CCCC[C@H]1C(=O)Nc1ccsc1. The van der Waals surface area contributed by atoms with Crippen LogP contribution in [0.4, 0.5) is 5.69 Å². The van der Waals surface area contributed by atoms with Crippen LogP contribution in [0, 0.1) is 11.8 Å². The minimum absolute atomic E-state index is 0.157. The summed E-state index contributed by atoms with van der Waals surface area (Å²) < 4.78 is 0. The Bertz CT molecular complexity index is 402. The van der Waals surface area contributed by atoms with E-state index >= 15 is 0 Å². The van der Waals surface area contributed by atoms with E-state index in [4.69, 9.17) is 5.11 Å². The molecule has 1 aromatic heterocycles. The average molecular weight is 253 g/mol. The summed E-state index contributed by atoms with van der Waals surface area (Å²) in [5.41, 5.74) is 0.759. The van der Waals surface area contributed by atoms with Crippen molar-refractivity contribution in [2.24, 2.45) is 11.8 Å². The topological polar surface area (TPSA) is 66.4 Å². The molecule has 1 aliphatic carbocycles. The van der Waals surface area contributed by atoms with Crippen molar-refractivity contribution in [3.63, 3.8) is 0 Å². The highest BCUT2D eigenvalue weighted by molar-refractivity contribution is 7.08. The lowest BCUT2D eigenvalue weighted by Crippen LogP contribution is -2.35. The molecule has 2 rings (SSSR count). The number of carboxylic acids is 1. The van der Waals surface area contributed by atoms with Gasteiger partial charge in [-0.2, -0.15) is 11.3 Å². The number of aliphatic carboxylic acids is 1. The van der Waals surface area contributed by atoms with Gasteiger partial charge < -0.3 is 10.4 Å². The van der Waals surface area contributed by atoms with Gasteiger partial charge in [-0.15, -0.1) is 0 Å². The summed E-state index contributed by atoms with van der Waals surface area (Å²) in [6.45, 7) is 0. The summed E-state index contributed by atoms with van der Waals surface area (Å²) >= 11 is 1.50. The van der Waals surface area contributed by atoms with Gasteiger partial charge in [0.1, 0.15) is 0 Å². The van der Waals surface area contributed by atoms with Gasteiger partial charge in [0.25, 0.3) is 0 Å². The zero-order valence-electron chi connectivity index (χ0n) is 9.39. The van der Waals surface area contributed by atoms with Gasteiger partial charge in [0.15, 0.2) is 0 Å². The molecule has 1 aromatic rings. The maximum atomic E-state index is 12.0. The highest BCUT2D eigenvalue weighted by Gasteiger charge is 2.35. The van der Waals surface area contributed by atoms with E-state index in [9.17, 15) is 9.59 Å². The van der Waals surface area contributed by atoms with Gasteiger partial charge in [-0.3, -0.25) is 9.59 Å². The van der Waals surface area contributed by atoms with Crippen molar-refractivity contribution in [3.05, 3.63) is 16.8 Å². The van der Waals surface area contributed by atoms with Crippen molar-refractivity contribution in [1.82, 2.24) is 0 Å². The molecule has 17 heavy (non-hydrogen) atoms. The fraction of sp³-hybridized carbons (Fsp3) is 0.500. The Kier molecular flexibility index (Phi) is 3.78. The van der Waals surface area contributed by atoms with Gasteiger partial charge in [0.2, 0.25) is 5.91 Å². The number of anilines is 1. The highest BCUT2D eigenvalue weighted by atomic mass is 32.1. The molecule has 0 aromatic carbocycles. The molecule has 92 valence electrons. The number of carboxylic acid groups (broad SMARTS) is 1. The predicted molar refractivity (Wildman–Crippen MR) is 66.0 cm³/mol. The van der Waals surface area contributed by atoms with E-state index in [1.807, 2.05) is 16.8 Å². The molecule has 1 aliphatic rings. The average Bonchev–Trinajstić information content (AvgIpc) is 2.81. The first-order valence-electron chi connectivity index (χ1n) is 5.74. The lowest BCUT2D eigenvalue weighted by atomic mass is 9.78. The van der Waals surface area contributed by atoms with Gasteiger partial charge in [-0.25, -0.2) is 0 Å². The van der Waals surface area contributed by atoms with Crippen molar-refractivity contribution >= 4 is 28.9 Å². The molecule has 2 N–H and O–H groups in total. The van der Waals surface area contributed by atoms with E-state index in [-0.39, 0.29) is 11.8 Å². The first kappa shape index (κ1) is 12.1. The van der Waals surface area contributed by atoms with Crippen molar-refractivity contribution in [2.45, 2.75) is 25.7 Å². The van der Waals surface area contributed by atoms with Crippen LogP contribution in [0.25, 0.3) is 0 Å². The largest absolute Gasteiger partial charge is 0.481 e. The molecule has 1 fully saturated rings. The molecule has 2 atom stereocenters. The van der Waals surface area contributed by atoms with Crippen molar-refractivity contribution < 1.29 is 14.7 Å². The lowest BCUT2D eigenvalue weighted by Gasteiger charge is -2.27. The predicted octanol–water partition coefficient (Wildman–Crippen LogP) is 2.58. The molecule has 5 heteroatoms. The van der Waals surface area contributed by atoms with Crippen LogP contribution in [0.5, 0.6) is 0 Å². The molecule has 0 bridgehead atoms. The van der Waals surface area contributed by atoms with Crippen LogP contribution < -0.4 is 5.32 Å². The number of hydrogen-bond acceptors (Lipinski definition) is 3. The molecule has 0 aliphatic heterocycles.